The highest BCUT2D eigenvalue weighted by molar-refractivity contribution is 5.48. The molecule has 0 amide bonds. The fourth-order valence-electron chi connectivity index (χ4n) is 2.85. The van der Waals surface area contributed by atoms with E-state index < -0.39 is 0 Å². The highest BCUT2D eigenvalue weighted by Gasteiger charge is 2.16. The van der Waals surface area contributed by atoms with Crippen LogP contribution in [0.4, 0.5) is 5.82 Å². The molecule has 120 valence electrons. The molecule has 3 rings (SSSR count). The summed E-state index contributed by atoms with van der Waals surface area (Å²) in [7, 11) is 2.17. The summed E-state index contributed by atoms with van der Waals surface area (Å²) in [6.45, 7) is 5.99. The maximum Gasteiger partial charge on any atom is 0.157 e. The van der Waals surface area contributed by atoms with E-state index in [1.807, 2.05) is 23.6 Å². The first kappa shape index (κ1) is 15.2. The van der Waals surface area contributed by atoms with E-state index in [0.717, 1.165) is 62.7 Å². The van der Waals surface area contributed by atoms with Gasteiger partial charge in [-0.25, -0.2) is 4.98 Å². The first-order valence-corrected chi connectivity index (χ1v) is 8.08. The average Bonchev–Trinajstić information content (AvgIpc) is 2.97. The molecule has 6 heteroatoms. The number of aromatic nitrogens is 3. The van der Waals surface area contributed by atoms with Crippen molar-refractivity contribution in [1.82, 2.24) is 19.5 Å². The molecule has 22 heavy (non-hydrogen) atoms. The molecule has 0 radical (unpaired) electrons. The average molecular weight is 303 g/mol. The Morgan fingerprint density at radius 1 is 1.36 bits per heavy atom. The Bertz CT molecular complexity index is 604. The molecule has 6 nitrogen and oxygen atoms in total. The van der Waals surface area contributed by atoms with Crippen LogP contribution in [-0.4, -0.2) is 58.9 Å². The third-order valence-electron chi connectivity index (χ3n) is 4.13. The van der Waals surface area contributed by atoms with Gasteiger partial charge in [0.1, 0.15) is 5.82 Å². The summed E-state index contributed by atoms with van der Waals surface area (Å²) in [6, 6.07) is 3.94. The summed E-state index contributed by atoms with van der Waals surface area (Å²) in [5, 5.41) is 7.73. The molecule has 1 N–H and O–H groups in total. The van der Waals surface area contributed by atoms with Crippen molar-refractivity contribution in [2.45, 2.75) is 32.3 Å². The number of fused-ring (bicyclic) bond motifs is 1. The van der Waals surface area contributed by atoms with Crippen molar-refractivity contribution in [3.05, 3.63) is 24.0 Å². The molecule has 1 aliphatic rings. The second-order valence-corrected chi connectivity index (χ2v) is 6.04. The Morgan fingerprint density at radius 3 is 3.00 bits per heavy atom. The summed E-state index contributed by atoms with van der Waals surface area (Å²) >= 11 is 0. The highest BCUT2D eigenvalue weighted by Crippen LogP contribution is 2.13. The van der Waals surface area contributed by atoms with Crippen LogP contribution in [0.1, 0.15) is 25.0 Å². The van der Waals surface area contributed by atoms with Gasteiger partial charge in [-0.3, -0.25) is 0 Å². The second-order valence-electron chi connectivity index (χ2n) is 6.04. The molecule has 3 heterocycles. The molecular formula is C16H25N5O. The predicted octanol–water partition coefficient (Wildman–Crippen LogP) is 1.95. The summed E-state index contributed by atoms with van der Waals surface area (Å²) in [4.78, 5) is 6.80. The maximum atomic E-state index is 5.96. The van der Waals surface area contributed by atoms with Gasteiger partial charge in [0, 0.05) is 44.1 Å². The van der Waals surface area contributed by atoms with E-state index in [4.69, 9.17) is 4.74 Å². The molecule has 1 aliphatic heterocycles. The van der Waals surface area contributed by atoms with Crippen molar-refractivity contribution < 1.29 is 4.74 Å². The first-order valence-electron chi connectivity index (χ1n) is 8.08. The number of ether oxygens (including phenoxy) is 1. The number of nitrogens with one attached hydrogen (secondary N) is 1. The van der Waals surface area contributed by atoms with Crippen LogP contribution in [0.5, 0.6) is 0 Å². The van der Waals surface area contributed by atoms with Crippen LogP contribution in [0.2, 0.25) is 0 Å². The third-order valence-corrected chi connectivity index (χ3v) is 4.13. The lowest BCUT2D eigenvalue weighted by Gasteiger charge is -2.28. The van der Waals surface area contributed by atoms with Gasteiger partial charge in [0.25, 0.3) is 0 Å². The van der Waals surface area contributed by atoms with Crippen LogP contribution in [-0.2, 0) is 4.74 Å². The summed E-state index contributed by atoms with van der Waals surface area (Å²) in [6.07, 6.45) is 5.52. The molecule has 0 aromatic carbocycles. The highest BCUT2D eigenvalue weighted by atomic mass is 16.5. The quantitative estimate of drug-likeness (QED) is 0.827. The molecule has 0 atom stereocenters. The number of likely N-dealkylation sites (tertiary alicyclic amines) is 1. The van der Waals surface area contributed by atoms with Crippen molar-refractivity contribution in [1.29, 1.82) is 0 Å². The van der Waals surface area contributed by atoms with Crippen LogP contribution in [0.25, 0.3) is 5.65 Å². The molecule has 0 saturated carbocycles. The van der Waals surface area contributed by atoms with Crippen LogP contribution >= 0.6 is 0 Å². The molecule has 0 spiro atoms. The summed E-state index contributed by atoms with van der Waals surface area (Å²) in [5.41, 5.74) is 1.88. The minimum absolute atomic E-state index is 0.442. The van der Waals surface area contributed by atoms with E-state index in [9.17, 15) is 0 Å². The number of hydrogen-bond donors (Lipinski definition) is 1. The van der Waals surface area contributed by atoms with Gasteiger partial charge < -0.3 is 15.0 Å². The van der Waals surface area contributed by atoms with Crippen molar-refractivity contribution in [2.75, 3.05) is 38.6 Å². The standard InChI is InChI=1S/C16H25N5O/c1-13-12-16(21-15(19-13)4-8-18-21)17-7-3-11-22-14-5-9-20(2)10-6-14/h4,8,12,14,17H,3,5-7,9-11H2,1-2H3. The number of aryl methyl sites for hydroxylation is 1. The Balaban J connectivity index is 1.42. The van der Waals surface area contributed by atoms with Crippen molar-refractivity contribution in [3.63, 3.8) is 0 Å². The molecule has 1 saturated heterocycles. The van der Waals surface area contributed by atoms with Crippen LogP contribution in [0, 0.1) is 6.92 Å². The molecule has 0 aliphatic carbocycles. The van der Waals surface area contributed by atoms with Gasteiger partial charge in [-0.15, -0.1) is 0 Å². The SMILES string of the molecule is Cc1cc(NCCCOC2CCN(C)CC2)n2nccc2n1. The van der Waals surface area contributed by atoms with Crippen molar-refractivity contribution in [3.8, 4) is 0 Å². The molecule has 0 bridgehead atoms. The third kappa shape index (κ3) is 3.75. The summed E-state index contributed by atoms with van der Waals surface area (Å²) in [5.74, 6) is 0.992. The Labute approximate surface area is 131 Å². The normalized spacial score (nSPS) is 17.2. The van der Waals surface area contributed by atoms with E-state index >= 15 is 0 Å². The second kappa shape index (κ2) is 7.07. The maximum absolute atomic E-state index is 5.96. The monoisotopic (exact) mass is 303 g/mol. The van der Waals surface area contributed by atoms with Gasteiger partial charge in [0.15, 0.2) is 5.65 Å². The molecule has 2 aromatic heterocycles. The van der Waals surface area contributed by atoms with Crippen LogP contribution in [0.3, 0.4) is 0 Å². The van der Waals surface area contributed by atoms with E-state index in [1.165, 1.54) is 0 Å². The van der Waals surface area contributed by atoms with E-state index in [-0.39, 0.29) is 0 Å². The number of piperidine rings is 1. The lowest BCUT2D eigenvalue weighted by Crippen LogP contribution is -2.34. The Hall–Kier alpha value is -1.66. The lowest BCUT2D eigenvalue weighted by atomic mass is 10.1. The molecule has 1 fully saturated rings. The Kier molecular flexibility index (Phi) is 4.90. The zero-order chi connectivity index (χ0) is 15.4. The Morgan fingerprint density at radius 2 is 2.18 bits per heavy atom. The minimum Gasteiger partial charge on any atom is -0.378 e. The van der Waals surface area contributed by atoms with Gasteiger partial charge in [-0.05, 0) is 33.2 Å². The van der Waals surface area contributed by atoms with E-state index in [1.54, 1.807) is 6.20 Å². The van der Waals surface area contributed by atoms with Crippen molar-refractivity contribution >= 4 is 11.5 Å². The fourth-order valence-corrected chi connectivity index (χ4v) is 2.85. The van der Waals surface area contributed by atoms with Gasteiger partial charge in [0.2, 0.25) is 0 Å². The number of nitrogens with zero attached hydrogens (tertiary/aromatic N) is 4. The summed E-state index contributed by atoms with van der Waals surface area (Å²) < 4.78 is 7.80. The molecule has 0 unspecified atom stereocenters. The number of anilines is 1. The number of hydrogen-bond acceptors (Lipinski definition) is 5. The smallest absolute Gasteiger partial charge is 0.157 e. The predicted molar refractivity (Wildman–Crippen MR) is 87.3 cm³/mol. The largest absolute Gasteiger partial charge is 0.378 e. The zero-order valence-electron chi connectivity index (χ0n) is 13.5. The number of rotatable bonds is 6. The van der Waals surface area contributed by atoms with Crippen LogP contribution in [0.15, 0.2) is 18.3 Å². The van der Waals surface area contributed by atoms with Crippen molar-refractivity contribution in [2.24, 2.45) is 0 Å². The van der Waals surface area contributed by atoms with Gasteiger partial charge >= 0.3 is 0 Å². The minimum atomic E-state index is 0.442. The topological polar surface area (TPSA) is 54.7 Å². The fraction of sp³-hybridized carbons (Fsp3) is 0.625. The van der Waals surface area contributed by atoms with Gasteiger partial charge in [-0.1, -0.05) is 0 Å². The zero-order valence-corrected chi connectivity index (χ0v) is 13.5. The lowest BCUT2D eigenvalue weighted by molar-refractivity contribution is 0.0125. The molecule has 2 aromatic rings. The van der Waals surface area contributed by atoms with Gasteiger partial charge in [-0.2, -0.15) is 9.61 Å². The molecular weight excluding hydrogens is 278 g/mol. The first-order chi connectivity index (χ1) is 10.7. The van der Waals surface area contributed by atoms with E-state index in [0.29, 0.717) is 6.10 Å². The van der Waals surface area contributed by atoms with Gasteiger partial charge in [0.05, 0.1) is 12.3 Å². The van der Waals surface area contributed by atoms with E-state index in [2.05, 4.69) is 27.3 Å². The van der Waals surface area contributed by atoms with Crippen LogP contribution < -0.4 is 5.32 Å².